The molecule has 2 aromatic carbocycles. The van der Waals surface area contributed by atoms with Crippen molar-refractivity contribution in [3.05, 3.63) is 54.6 Å². The van der Waals surface area contributed by atoms with Crippen molar-refractivity contribution in [2.24, 2.45) is 0 Å². The van der Waals surface area contributed by atoms with Crippen molar-refractivity contribution in [3.8, 4) is 5.75 Å². The molecule has 0 fully saturated rings. The molecule has 0 aliphatic heterocycles. The van der Waals surface area contributed by atoms with Gasteiger partial charge in [0.25, 0.3) is 0 Å². The van der Waals surface area contributed by atoms with E-state index in [4.69, 9.17) is 0 Å². The fourth-order valence-electron chi connectivity index (χ4n) is 1.72. The summed E-state index contributed by atoms with van der Waals surface area (Å²) in [6, 6.07) is 16.0. The van der Waals surface area contributed by atoms with Crippen molar-refractivity contribution >= 4 is 17.3 Å². The summed E-state index contributed by atoms with van der Waals surface area (Å²) in [6.45, 7) is 1.47. The Bertz CT molecular complexity index is 523. The van der Waals surface area contributed by atoms with E-state index in [-0.39, 0.29) is 11.7 Å². The van der Waals surface area contributed by atoms with E-state index < -0.39 is 0 Å². The van der Waals surface area contributed by atoms with Crippen LogP contribution in [-0.2, 0) is 4.79 Å². The van der Waals surface area contributed by atoms with Gasteiger partial charge in [-0.05, 0) is 24.3 Å². The van der Waals surface area contributed by atoms with E-state index >= 15 is 0 Å². The van der Waals surface area contributed by atoms with Gasteiger partial charge < -0.3 is 5.11 Å². The maximum Gasteiger partial charge on any atom is 0.228 e. The number of benzene rings is 2. The average Bonchev–Trinajstić information content (AvgIpc) is 2.33. The summed E-state index contributed by atoms with van der Waals surface area (Å²) in [6.07, 6.45) is 0. The van der Waals surface area contributed by atoms with Gasteiger partial charge in [-0.2, -0.15) is 0 Å². The Morgan fingerprint density at radius 2 is 1.59 bits per heavy atom. The number of carbonyl (C=O) groups is 1. The molecule has 0 atom stereocenters. The molecule has 3 heteroatoms. The highest BCUT2D eigenvalue weighted by molar-refractivity contribution is 6.00. The third-order valence-corrected chi connectivity index (χ3v) is 2.45. The van der Waals surface area contributed by atoms with Crippen LogP contribution in [0.25, 0.3) is 0 Å². The summed E-state index contributed by atoms with van der Waals surface area (Å²) in [5, 5.41) is 9.80. The maximum absolute atomic E-state index is 11.7. The van der Waals surface area contributed by atoms with Gasteiger partial charge in [-0.25, -0.2) is 0 Å². The fourth-order valence-corrected chi connectivity index (χ4v) is 1.72. The molecule has 0 aromatic heterocycles. The summed E-state index contributed by atoms with van der Waals surface area (Å²) < 4.78 is 0. The third kappa shape index (κ3) is 2.28. The van der Waals surface area contributed by atoms with Crippen molar-refractivity contribution in [3.63, 3.8) is 0 Å². The minimum atomic E-state index is -0.141. The van der Waals surface area contributed by atoms with Crippen LogP contribution in [0.5, 0.6) is 5.75 Å². The maximum atomic E-state index is 11.7. The topological polar surface area (TPSA) is 40.5 Å². The van der Waals surface area contributed by atoms with Crippen LogP contribution in [0, 0.1) is 0 Å². The van der Waals surface area contributed by atoms with Crippen LogP contribution < -0.4 is 4.90 Å². The second-order valence-electron chi connectivity index (χ2n) is 3.68. The number of nitrogens with zero attached hydrogens (tertiary/aromatic N) is 1. The molecular formula is C14H13NO2. The first-order valence-corrected chi connectivity index (χ1v) is 5.34. The van der Waals surface area contributed by atoms with Crippen molar-refractivity contribution in [2.45, 2.75) is 6.92 Å². The number of anilines is 2. The second kappa shape index (κ2) is 4.70. The molecule has 2 rings (SSSR count). The van der Waals surface area contributed by atoms with E-state index in [9.17, 15) is 9.90 Å². The lowest BCUT2D eigenvalue weighted by Gasteiger charge is -2.22. The van der Waals surface area contributed by atoms with Gasteiger partial charge >= 0.3 is 0 Å². The molecule has 0 bridgehead atoms. The highest BCUT2D eigenvalue weighted by Gasteiger charge is 2.16. The summed E-state index contributed by atoms with van der Waals surface area (Å²) in [4.78, 5) is 13.2. The van der Waals surface area contributed by atoms with Crippen LogP contribution in [-0.4, -0.2) is 11.0 Å². The van der Waals surface area contributed by atoms with Gasteiger partial charge in [-0.3, -0.25) is 9.69 Å². The van der Waals surface area contributed by atoms with E-state index in [1.54, 1.807) is 24.3 Å². The second-order valence-corrected chi connectivity index (χ2v) is 3.68. The first-order valence-electron chi connectivity index (χ1n) is 5.34. The number of amides is 1. The molecule has 2 aromatic rings. The number of carbonyl (C=O) groups excluding carboxylic acids is 1. The Kier molecular flexibility index (Phi) is 3.10. The number of hydrogen-bond acceptors (Lipinski definition) is 2. The fraction of sp³-hybridized carbons (Fsp3) is 0.0714. The van der Waals surface area contributed by atoms with E-state index in [1.165, 1.54) is 11.8 Å². The van der Waals surface area contributed by atoms with Crippen LogP contribution in [0.4, 0.5) is 11.4 Å². The van der Waals surface area contributed by atoms with Gasteiger partial charge in [0.05, 0.1) is 5.69 Å². The van der Waals surface area contributed by atoms with E-state index in [1.807, 2.05) is 30.3 Å². The Labute approximate surface area is 99.9 Å². The van der Waals surface area contributed by atoms with Crippen molar-refractivity contribution < 1.29 is 9.90 Å². The van der Waals surface area contributed by atoms with Crippen molar-refractivity contribution in [1.82, 2.24) is 0 Å². The predicted octanol–water partition coefficient (Wildman–Crippen LogP) is 3.08. The molecular weight excluding hydrogens is 214 g/mol. The minimum Gasteiger partial charge on any atom is -0.506 e. The molecule has 1 amide bonds. The SMILES string of the molecule is CC(=O)N(c1ccccc1)c1ccccc1O. The lowest BCUT2D eigenvalue weighted by molar-refractivity contribution is -0.115. The minimum absolute atomic E-state index is 0.0894. The molecule has 0 aliphatic carbocycles. The monoisotopic (exact) mass is 227 g/mol. The number of hydrogen-bond donors (Lipinski definition) is 1. The molecule has 1 N–H and O–H groups in total. The van der Waals surface area contributed by atoms with Crippen LogP contribution in [0.2, 0.25) is 0 Å². The molecule has 0 unspecified atom stereocenters. The number of para-hydroxylation sites is 3. The largest absolute Gasteiger partial charge is 0.506 e. The summed E-state index contributed by atoms with van der Waals surface area (Å²) in [5.41, 5.74) is 1.23. The Morgan fingerprint density at radius 3 is 2.18 bits per heavy atom. The number of phenols is 1. The molecule has 17 heavy (non-hydrogen) atoms. The number of aromatic hydroxyl groups is 1. The van der Waals surface area contributed by atoms with E-state index in [0.717, 1.165) is 5.69 Å². The average molecular weight is 227 g/mol. The molecule has 0 spiro atoms. The summed E-state index contributed by atoms with van der Waals surface area (Å²) in [7, 11) is 0. The quantitative estimate of drug-likeness (QED) is 0.856. The molecule has 0 heterocycles. The van der Waals surface area contributed by atoms with Gasteiger partial charge in [-0.15, -0.1) is 0 Å². The highest BCUT2D eigenvalue weighted by atomic mass is 16.3. The number of phenolic OH excluding ortho intramolecular Hbond substituents is 1. The zero-order valence-corrected chi connectivity index (χ0v) is 9.50. The van der Waals surface area contributed by atoms with E-state index in [2.05, 4.69) is 0 Å². The van der Waals surface area contributed by atoms with Crippen molar-refractivity contribution in [2.75, 3.05) is 4.90 Å². The summed E-state index contributed by atoms with van der Waals surface area (Å²) >= 11 is 0. The zero-order chi connectivity index (χ0) is 12.3. The molecule has 3 nitrogen and oxygen atoms in total. The normalized spacial score (nSPS) is 9.94. The van der Waals surface area contributed by atoms with Gasteiger partial charge in [0.1, 0.15) is 5.75 Å². The third-order valence-electron chi connectivity index (χ3n) is 2.45. The number of rotatable bonds is 2. The lowest BCUT2D eigenvalue weighted by atomic mass is 10.2. The van der Waals surface area contributed by atoms with E-state index in [0.29, 0.717) is 5.69 Å². The van der Waals surface area contributed by atoms with Crippen molar-refractivity contribution in [1.29, 1.82) is 0 Å². The smallest absolute Gasteiger partial charge is 0.228 e. The first kappa shape index (κ1) is 11.2. The lowest BCUT2D eigenvalue weighted by Crippen LogP contribution is -2.22. The highest BCUT2D eigenvalue weighted by Crippen LogP contribution is 2.32. The molecule has 0 aliphatic rings. The van der Waals surface area contributed by atoms with Gasteiger partial charge in [0, 0.05) is 12.6 Å². The predicted molar refractivity (Wildman–Crippen MR) is 67.4 cm³/mol. The standard InChI is InChI=1S/C14H13NO2/c1-11(16)15(12-7-3-2-4-8-12)13-9-5-6-10-14(13)17/h2-10,17H,1H3. The van der Waals surface area contributed by atoms with Crippen LogP contribution in [0.3, 0.4) is 0 Å². The Balaban J connectivity index is 2.51. The zero-order valence-electron chi connectivity index (χ0n) is 9.50. The van der Waals surface area contributed by atoms with Gasteiger partial charge in [-0.1, -0.05) is 30.3 Å². The summed E-state index contributed by atoms with van der Waals surface area (Å²) in [5.74, 6) is -0.0516. The molecule has 0 radical (unpaired) electrons. The van der Waals surface area contributed by atoms with Gasteiger partial charge in [0.15, 0.2) is 0 Å². The van der Waals surface area contributed by atoms with Crippen LogP contribution >= 0.6 is 0 Å². The van der Waals surface area contributed by atoms with Gasteiger partial charge in [0.2, 0.25) is 5.91 Å². The molecule has 0 saturated carbocycles. The molecule has 0 saturated heterocycles. The molecule has 86 valence electrons. The van der Waals surface area contributed by atoms with Crippen LogP contribution in [0.1, 0.15) is 6.92 Å². The Hall–Kier alpha value is -2.29. The Morgan fingerprint density at radius 1 is 1.00 bits per heavy atom. The first-order chi connectivity index (χ1) is 8.20. The van der Waals surface area contributed by atoms with Crippen LogP contribution in [0.15, 0.2) is 54.6 Å².